The molecule has 13 heavy (non-hydrogen) atoms. The van der Waals surface area contributed by atoms with Crippen molar-refractivity contribution in [2.75, 3.05) is 0 Å². The van der Waals surface area contributed by atoms with E-state index in [0.29, 0.717) is 0 Å². The first-order valence-electron chi connectivity index (χ1n) is 5.40. The molecule has 0 amide bonds. The largest absolute Gasteiger partial charge is 0.351 e. The molecule has 0 N–H and O–H groups in total. The van der Waals surface area contributed by atoms with Crippen molar-refractivity contribution in [2.24, 2.45) is 11.8 Å². The molecule has 1 fully saturated rings. The van der Waals surface area contributed by atoms with Crippen LogP contribution < -0.4 is 0 Å². The van der Waals surface area contributed by atoms with Gasteiger partial charge in [-0.25, -0.2) is 0 Å². The minimum Gasteiger partial charge on any atom is -0.351 e. The topological polar surface area (TPSA) is 4.93 Å². The molecule has 1 aromatic heterocycles. The lowest BCUT2D eigenvalue weighted by atomic mass is 9.80. The molecular weight excluding hydrogens is 158 g/mol. The summed E-state index contributed by atoms with van der Waals surface area (Å²) in [5.41, 5.74) is 0. The highest BCUT2D eigenvalue weighted by atomic mass is 15.0. The highest BCUT2D eigenvalue weighted by Crippen LogP contribution is 2.36. The third-order valence-electron chi connectivity index (χ3n) is 3.40. The minimum absolute atomic E-state index is 0.756. The van der Waals surface area contributed by atoms with Crippen molar-refractivity contribution < 1.29 is 0 Å². The Morgan fingerprint density at radius 1 is 1.08 bits per heavy atom. The van der Waals surface area contributed by atoms with Crippen LogP contribution in [0.15, 0.2) is 24.5 Å². The van der Waals surface area contributed by atoms with E-state index in [4.69, 9.17) is 0 Å². The smallest absolute Gasteiger partial charge is 0.0356 e. The number of rotatable bonds is 1. The molecule has 1 aliphatic carbocycles. The summed E-state index contributed by atoms with van der Waals surface area (Å²) < 4.78 is 2.39. The van der Waals surface area contributed by atoms with E-state index in [2.05, 4.69) is 42.9 Å². The van der Waals surface area contributed by atoms with Gasteiger partial charge in [0.25, 0.3) is 0 Å². The van der Waals surface area contributed by atoms with Crippen molar-refractivity contribution in [2.45, 2.75) is 39.2 Å². The summed E-state index contributed by atoms with van der Waals surface area (Å²) in [4.78, 5) is 0. The predicted molar refractivity (Wildman–Crippen MR) is 55.6 cm³/mol. The summed E-state index contributed by atoms with van der Waals surface area (Å²) >= 11 is 0. The molecule has 1 heterocycles. The maximum Gasteiger partial charge on any atom is 0.0356 e. The maximum absolute atomic E-state index is 2.39. The molecule has 0 aliphatic heterocycles. The van der Waals surface area contributed by atoms with Crippen molar-refractivity contribution in [3.05, 3.63) is 24.5 Å². The molecule has 72 valence electrons. The Kier molecular flexibility index (Phi) is 2.43. The van der Waals surface area contributed by atoms with Gasteiger partial charge >= 0.3 is 0 Å². The molecule has 1 aliphatic rings. The van der Waals surface area contributed by atoms with Gasteiger partial charge in [0.2, 0.25) is 0 Å². The third kappa shape index (κ3) is 1.79. The van der Waals surface area contributed by atoms with Crippen molar-refractivity contribution in [3.8, 4) is 0 Å². The van der Waals surface area contributed by atoms with Gasteiger partial charge in [0.15, 0.2) is 0 Å². The standard InChI is InChI=1S/C12H19N/c1-10-5-6-12(11(2)9-10)13-7-3-4-8-13/h3-4,7-8,10-12H,5-6,9H2,1-2H3. The average Bonchev–Trinajstić information content (AvgIpc) is 2.56. The Labute approximate surface area is 80.8 Å². The van der Waals surface area contributed by atoms with Gasteiger partial charge in [-0.05, 0) is 43.2 Å². The normalized spacial score (nSPS) is 34.8. The van der Waals surface area contributed by atoms with Crippen LogP contribution in [0.1, 0.15) is 39.2 Å². The van der Waals surface area contributed by atoms with Crippen LogP contribution in [0.4, 0.5) is 0 Å². The number of hydrogen-bond donors (Lipinski definition) is 0. The molecule has 1 aromatic rings. The van der Waals surface area contributed by atoms with E-state index in [1.165, 1.54) is 19.3 Å². The third-order valence-corrected chi connectivity index (χ3v) is 3.40. The van der Waals surface area contributed by atoms with Gasteiger partial charge in [0.1, 0.15) is 0 Å². The van der Waals surface area contributed by atoms with Crippen LogP contribution in [0.25, 0.3) is 0 Å². The zero-order chi connectivity index (χ0) is 9.26. The summed E-state index contributed by atoms with van der Waals surface area (Å²) in [6.07, 6.45) is 8.56. The van der Waals surface area contributed by atoms with E-state index >= 15 is 0 Å². The van der Waals surface area contributed by atoms with Crippen molar-refractivity contribution >= 4 is 0 Å². The Bertz CT molecular complexity index is 250. The second-order valence-corrected chi connectivity index (χ2v) is 4.59. The Morgan fingerprint density at radius 2 is 1.77 bits per heavy atom. The Morgan fingerprint density at radius 3 is 2.38 bits per heavy atom. The summed E-state index contributed by atoms with van der Waals surface area (Å²) in [7, 11) is 0. The minimum atomic E-state index is 0.756. The lowest BCUT2D eigenvalue weighted by molar-refractivity contribution is 0.208. The van der Waals surface area contributed by atoms with E-state index in [9.17, 15) is 0 Å². The Hall–Kier alpha value is -0.720. The molecular formula is C12H19N. The van der Waals surface area contributed by atoms with Gasteiger partial charge in [-0.15, -0.1) is 0 Å². The molecule has 3 atom stereocenters. The van der Waals surface area contributed by atoms with Gasteiger partial charge in [-0.3, -0.25) is 0 Å². The predicted octanol–water partition coefficient (Wildman–Crippen LogP) is 3.49. The fourth-order valence-corrected chi connectivity index (χ4v) is 2.66. The lowest BCUT2D eigenvalue weighted by Gasteiger charge is -2.33. The Balaban J connectivity index is 2.08. The van der Waals surface area contributed by atoms with Crippen LogP contribution in [0.3, 0.4) is 0 Å². The van der Waals surface area contributed by atoms with Crippen LogP contribution in [0.2, 0.25) is 0 Å². The monoisotopic (exact) mass is 177 g/mol. The maximum atomic E-state index is 2.39. The van der Waals surface area contributed by atoms with E-state index < -0.39 is 0 Å². The van der Waals surface area contributed by atoms with E-state index in [-0.39, 0.29) is 0 Å². The van der Waals surface area contributed by atoms with Gasteiger partial charge in [-0.2, -0.15) is 0 Å². The van der Waals surface area contributed by atoms with Crippen LogP contribution in [0, 0.1) is 11.8 Å². The van der Waals surface area contributed by atoms with Gasteiger partial charge in [0.05, 0.1) is 0 Å². The fourth-order valence-electron chi connectivity index (χ4n) is 2.66. The molecule has 0 saturated heterocycles. The quantitative estimate of drug-likeness (QED) is 0.619. The summed E-state index contributed by atoms with van der Waals surface area (Å²) in [6.45, 7) is 4.77. The second kappa shape index (κ2) is 3.57. The summed E-state index contributed by atoms with van der Waals surface area (Å²) in [5.74, 6) is 1.78. The highest BCUT2D eigenvalue weighted by Gasteiger charge is 2.25. The number of aromatic nitrogens is 1. The van der Waals surface area contributed by atoms with Gasteiger partial charge in [-0.1, -0.05) is 13.8 Å². The second-order valence-electron chi connectivity index (χ2n) is 4.59. The number of nitrogens with zero attached hydrogens (tertiary/aromatic N) is 1. The van der Waals surface area contributed by atoms with Crippen LogP contribution in [-0.4, -0.2) is 4.57 Å². The van der Waals surface area contributed by atoms with Gasteiger partial charge < -0.3 is 4.57 Å². The van der Waals surface area contributed by atoms with Crippen molar-refractivity contribution in [1.29, 1.82) is 0 Å². The van der Waals surface area contributed by atoms with E-state index in [0.717, 1.165) is 17.9 Å². The molecule has 2 rings (SSSR count). The first kappa shape index (κ1) is 8.86. The van der Waals surface area contributed by atoms with E-state index in [1.54, 1.807) is 0 Å². The van der Waals surface area contributed by atoms with Crippen molar-refractivity contribution in [3.63, 3.8) is 0 Å². The summed E-state index contributed by atoms with van der Waals surface area (Å²) in [6, 6.07) is 5.02. The van der Waals surface area contributed by atoms with Crippen LogP contribution in [0.5, 0.6) is 0 Å². The number of hydrogen-bond acceptors (Lipinski definition) is 0. The fraction of sp³-hybridized carbons (Fsp3) is 0.667. The molecule has 0 spiro atoms. The SMILES string of the molecule is CC1CCC(n2cccc2)C(C)C1. The molecule has 1 nitrogen and oxygen atoms in total. The zero-order valence-corrected chi connectivity index (χ0v) is 8.61. The first-order valence-corrected chi connectivity index (χ1v) is 5.40. The van der Waals surface area contributed by atoms with Crippen LogP contribution in [-0.2, 0) is 0 Å². The average molecular weight is 177 g/mol. The van der Waals surface area contributed by atoms with E-state index in [1.807, 2.05) is 0 Å². The van der Waals surface area contributed by atoms with Crippen molar-refractivity contribution in [1.82, 2.24) is 4.57 Å². The lowest BCUT2D eigenvalue weighted by Crippen LogP contribution is -2.23. The molecule has 1 heteroatoms. The van der Waals surface area contributed by atoms with Gasteiger partial charge in [0, 0.05) is 18.4 Å². The zero-order valence-electron chi connectivity index (χ0n) is 8.61. The van der Waals surface area contributed by atoms with Crippen LogP contribution >= 0.6 is 0 Å². The molecule has 1 saturated carbocycles. The molecule has 0 bridgehead atoms. The highest BCUT2D eigenvalue weighted by molar-refractivity contribution is 4.95. The molecule has 0 aromatic carbocycles. The molecule has 0 radical (unpaired) electrons. The molecule has 3 unspecified atom stereocenters. The summed E-state index contributed by atoms with van der Waals surface area (Å²) in [5, 5.41) is 0. The first-order chi connectivity index (χ1) is 6.27.